The summed E-state index contributed by atoms with van der Waals surface area (Å²) >= 11 is 0. The number of hydrogen-bond acceptors (Lipinski definition) is 9. The Bertz CT molecular complexity index is 1850. The lowest BCUT2D eigenvalue weighted by Crippen LogP contribution is -2.45. The summed E-state index contributed by atoms with van der Waals surface area (Å²) in [5, 5.41) is 10.9. The van der Waals surface area contributed by atoms with Crippen molar-refractivity contribution in [3.63, 3.8) is 0 Å². The van der Waals surface area contributed by atoms with Gasteiger partial charge in [0.1, 0.15) is 24.4 Å². The van der Waals surface area contributed by atoms with Crippen molar-refractivity contribution in [2.45, 2.75) is 88.4 Å². The number of pyridine rings is 1. The minimum atomic E-state index is -0.996. The lowest BCUT2D eigenvalue weighted by atomic mass is 9.81. The molecule has 1 N–H and O–H groups in total. The molecule has 2 aromatic heterocycles. The Labute approximate surface area is 304 Å². The van der Waals surface area contributed by atoms with Crippen molar-refractivity contribution in [2.75, 3.05) is 44.7 Å². The Morgan fingerprint density at radius 1 is 1.29 bits per heavy atom. The first kappa shape index (κ1) is 35.9. The average molecular weight is 712 g/mol. The number of hydrogen-bond donors (Lipinski definition) is 1. The first-order valence-corrected chi connectivity index (χ1v) is 18.2. The van der Waals surface area contributed by atoms with Gasteiger partial charge in [-0.15, -0.1) is 6.42 Å². The average Bonchev–Trinajstić information content (AvgIpc) is 3.72. The molecule has 0 saturated carbocycles. The van der Waals surface area contributed by atoms with Gasteiger partial charge in [-0.1, -0.05) is 24.6 Å². The Hall–Kier alpha value is -4.44. The van der Waals surface area contributed by atoms with Crippen LogP contribution in [-0.4, -0.2) is 104 Å². The van der Waals surface area contributed by atoms with Crippen molar-refractivity contribution < 1.29 is 23.4 Å². The molecule has 12 heteroatoms. The number of carbonyl (C=O) groups excluding carboxylic acids is 1. The zero-order valence-corrected chi connectivity index (χ0v) is 30.0. The maximum absolute atomic E-state index is 15.0. The smallest absolute Gasteiger partial charge is 0.318 e. The molecule has 52 heavy (non-hydrogen) atoms. The molecule has 1 aliphatic carbocycles. The van der Waals surface area contributed by atoms with Gasteiger partial charge in [0, 0.05) is 82.8 Å². The molecule has 3 aliphatic heterocycles. The summed E-state index contributed by atoms with van der Waals surface area (Å²) in [6.07, 6.45) is 12.7. The van der Waals surface area contributed by atoms with Crippen LogP contribution in [-0.2, 0) is 30.7 Å². The second kappa shape index (κ2) is 14.9. The van der Waals surface area contributed by atoms with Gasteiger partial charge in [0.05, 0.1) is 22.9 Å². The lowest BCUT2D eigenvalue weighted by molar-refractivity contribution is -0.126. The van der Waals surface area contributed by atoms with E-state index in [0.29, 0.717) is 65.0 Å². The molecule has 4 aliphatic rings. The highest BCUT2D eigenvalue weighted by molar-refractivity contribution is 5.87. The molecule has 7 rings (SSSR count). The highest BCUT2D eigenvalue weighted by Crippen LogP contribution is 2.41. The van der Waals surface area contributed by atoms with Crippen LogP contribution in [0.1, 0.15) is 72.2 Å². The molecule has 5 heterocycles. The predicted octanol–water partition coefficient (Wildman–Crippen LogP) is 4.39. The molecule has 0 radical (unpaired) electrons. The van der Waals surface area contributed by atoms with Gasteiger partial charge in [-0.05, 0) is 73.9 Å². The number of aromatic nitrogens is 3. The van der Waals surface area contributed by atoms with Crippen LogP contribution in [0.4, 0.5) is 14.6 Å². The van der Waals surface area contributed by atoms with Crippen molar-refractivity contribution in [1.29, 1.82) is 0 Å². The van der Waals surface area contributed by atoms with Crippen LogP contribution in [0.5, 0.6) is 6.01 Å². The van der Waals surface area contributed by atoms with E-state index in [9.17, 15) is 14.3 Å². The number of carbonyl (C=O) groups is 1. The standard InChI is InChI=1S/C40H47F2N7O3/c1-5-31-33(42)12-11-27-17-30(50)18-35(37(27)31)47-16-13-32-34(24-47)44-39(45-38(32)46(4)23-29-10-8-15-49(29)36(51)6-2)52-25-40(3)19-28(41)22-48(40)21-26-9-7-14-43-20-26/h1,6-7,9,11-12,14,20,28-30,35,50H,2,8,10,13,15-19,21-25H2,3-4H3/t28-,29+,30-,35-,40+/m1/s1. The molecule has 0 bridgehead atoms. The second-order valence-electron chi connectivity index (χ2n) is 15.0. The fourth-order valence-corrected chi connectivity index (χ4v) is 8.74. The minimum absolute atomic E-state index is 0.00260. The van der Waals surface area contributed by atoms with Crippen molar-refractivity contribution in [2.24, 2.45) is 0 Å². The van der Waals surface area contributed by atoms with Gasteiger partial charge in [-0.25, -0.2) is 8.78 Å². The van der Waals surface area contributed by atoms with E-state index in [1.54, 1.807) is 18.5 Å². The monoisotopic (exact) mass is 711 g/mol. The maximum atomic E-state index is 15.0. The van der Waals surface area contributed by atoms with Crippen molar-refractivity contribution >= 4 is 11.7 Å². The summed E-state index contributed by atoms with van der Waals surface area (Å²) in [5.74, 6) is 2.78. The van der Waals surface area contributed by atoms with Crippen LogP contribution in [0, 0.1) is 18.2 Å². The van der Waals surface area contributed by atoms with Crippen LogP contribution in [0.25, 0.3) is 0 Å². The highest BCUT2D eigenvalue weighted by Gasteiger charge is 2.43. The van der Waals surface area contributed by atoms with Crippen LogP contribution < -0.4 is 9.64 Å². The third-order valence-corrected chi connectivity index (χ3v) is 11.3. The Morgan fingerprint density at radius 2 is 2.13 bits per heavy atom. The van der Waals surface area contributed by atoms with Crippen molar-refractivity contribution in [3.05, 3.63) is 88.6 Å². The summed E-state index contributed by atoms with van der Waals surface area (Å²) in [6.45, 7) is 9.00. The number of ether oxygens (including phenoxy) is 1. The Kier molecular flexibility index (Phi) is 10.3. The predicted molar refractivity (Wildman–Crippen MR) is 194 cm³/mol. The number of fused-ring (bicyclic) bond motifs is 2. The molecule has 1 amide bonds. The van der Waals surface area contributed by atoms with E-state index >= 15 is 4.39 Å². The van der Waals surface area contributed by atoms with Crippen molar-refractivity contribution in [3.8, 4) is 18.4 Å². The van der Waals surface area contributed by atoms with Gasteiger partial charge in [-0.2, -0.15) is 9.97 Å². The molecule has 2 saturated heterocycles. The summed E-state index contributed by atoms with van der Waals surface area (Å²) in [6, 6.07) is 6.87. The topological polar surface area (TPSA) is 98.2 Å². The number of anilines is 1. The van der Waals surface area contributed by atoms with Crippen LogP contribution in [0.15, 0.2) is 49.3 Å². The van der Waals surface area contributed by atoms with Gasteiger partial charge in [0.15, 0.2) is 0 Å². The number of likely N-dealkylation sites (N-methyl/N-ethyl adjacent to an activating group) is 1. The number of alkyl halides is 1. The molecule has 0 unspecified atom stereocenters. The fourth-order valence-electron chi connectivity index (χ4n) is 8.74. The van der Waals surface area contributed by atoms with E-state index in [-0.39, 0.29) is 36.2 Å². The largest absolute Gasteiger partial charge is 0.461 e. The van der Waals surface area contributed by atoms with Gasteiger partial charge in [0.2, 0.25) is 5.91 Å². The summed E-state index contributed by atoms with van der Waals surface area (Å²) in [5.41, 5.74) is 4.00. The molecule has 274 valence electrons. The molecule has 10 nitrogen and oxygen atoms in total. The van der Waals surface area contributed by atoms with E-state index in [1.165, 1.54) is 12.1 Å². The first-order valence-electron chi connectivity index (χ1n) is 18.2. The van der Waals surface area contributed by atoms with Crippen molar-refractivity contribution in [1.82, 2.24) is 29.7 Å². The molecular formula is C40H47F2N7O3. The third-order valence-electron chi connectivity index (χ3n) is 11.3. The number of terminal acetylenes is 1. The summed E-state index contributed by atoms with van der Waals surface area (Å²) in [7, 11) is 1.98. The molecule has 3 aromatic rings. The maximum Gasteiger partial charge on any atom is 0.318 e. The number of amides is 1. The molecule has 0 spiro atoms. The van der Waals surface area contributed by atoms with E-state index in [4.69, 9.17) is 21.1 Å². The van der Waals surface area contributed by atoms with Gasteiger partial charge in [-0.3, -0.25) is 19.6 Å². The van der Waals surface area contributed by atoms with Gasteiger partial charge in [0.25, 0.3) is 0 Å². The summed E-state index contributed by atoms with van der Waals surface area (Å²) in [4.78, 5) is 35.1. The number of nitrogens with zero attached hydrogens (tertiary/aromatic N) is 7. The Morgan fingerprint density at radius 3 is 2.90 bits per heavy atom. The number of benzene rings is 1. The van der Waals surface area contributed by atoms with Crippen LogP contribution in [0.3, 0.4) is 0 Å². The second-order valence-corrected chi connectivity index (χ2v) is 15.0. The molecule has 2 fully saturated rings. The zero-order valence-electron chi connectivity index (χ0n) is 30.0. The zero-order chi connectivity index (χ0) is 36.6. The normalized spacial score (nSPS) is 26.0. The number of aliphatic hydroxyl groups is 1. The molecule has 5 atom stereocenters. The van der Waals surface area contributed by atoms with E-state index in [1.807, 2.05) is 31.0 Å². The van der Waals surface area contributed by atoms with E-state index in [2.05, 4.69) is 32.2 Å². The first-order chi connectivity index (χ1) is 25.1. The fraction of sp³-hybridized carbons (Fsp3) is 0.500. The number of rotatable bonds is 10. The lowest BCUT2D eigenvalue weighted by Gasteiger charge is -2.41. The van der Waals surface area contributed by atoms with Gasteiger partial charge >= 0.3 is 6.01 Å². The minimum Gasteiger partial charge on any atom is -0.461 e. The van der Waals surface area contributed by atoms with Gasteiger partial charge < -0.3 is 19.6 Å². The van der Waals surface area contributed by atoms with E-state index in [0.717, 1.165) is 46.6 Å². The number of aliphatic hydroxyl groups excluding tert-OH is 1. The SMILES string of the molecule is C#Cc1c(F)ccc2c1[C@H](N1CCc3c(nc(OC[C@]4(C)C[C@@H](F)CN4Cc4cccnc4)nc3N(C)C[C@@H]3CCCN3C(=O)C=C)C1)C[C@H](O)C2. The van der Waals surface area contributed by atoms with Crippen LogP contribution >= 0.6 is 0 Å². The third kappa shape index (κ3) is 7.14. The number of halogens is 2. The summed E-state index contributed by atoms with van der Waals surface area (Å²) < 4.78 is 36.4. The highest BCUT2D eigenvalue weighted by atomic mass is 19.1. The molecule has 1 aromatic carbocycles. The van der Waals surface area contributed by atoms with E-state index < -0.39 is 23.6 Å². The molecular weight excluding hydrogens is 664 g/mol. The number of likely N-dealkylation sites (tertiary alicyclic amines) is 2. The quantitative estimate of drug-likeness (QED) is 0.243. The Balaban J connectivity index is 1.19. The van der Waals surface area contributed by atoms with Crippen LogP contribution in [0.2, 0.25) is 0 Å².